The molecule has 0 aliphatic rings. The number of amides is 1. The molecule has 3 rings (SSSR count). The molecule has 0 fully saturated rings. The van der Waals surface area contributed by atoms with E-state index in [-0.39, 0.29) is 11.7 Å². The van der Waals surface area contributed by atoms with Crippen LogP contribution in [0.15, 0.2) is 47.6 Å². The molecule has 1 heterocycles. The summed E-state index contributed by atoms with van der Waals surface area (Å²) in [6.07, 6.45) is 0. The van der Waals surface area contributed by atoms with Crippen LogP contribution in [0.25, 0.3) is 5.69 Å². The third kappa shape index (κ3) is 4.76. The highest BCUT2D eigenvalue weighted by atomic mass is 32.2. The predicted octanol–water partition coefficient (Wildman–Crippen LogP) is 3.65. The molecule has 2 aromatic carbocycles. The number of para-hydroxylation sites is 1. The van der Waals surface area contributed by atoms with Crippen molar-refractivity contribution < 1.29 is 14.3 Å². The van der Waals surface area contributed by atoms with Crippen LogP contribution in [0.5, 0.6) is 11.5 Å². The monoisotopic (exact) mass is 426 g/mol. The van der Waals surface area contributed by atoms with Crippen molar-refractivity contribution in [3.05, 3.63) is 59.4 Å². The first kappa shape index (κ1) is 21.7. The lowest BCUT2D eigenvalue weighted by molar-refractivity contribution is -0.127. The Kier molecular flexibility index (Phi) is 6.99. The lowest BCUT2D eigenvalue weighted by Gasteiger charge is -2.20. The normalized spacial score (nSPS) is 10.7. The van der Waals surface area contributed by atoms with E-state index < -0.39 is 0 Å². The van der Waals surface area contributed by atoms with Gasteiger partial charge < -0.3 is 14.4 Å². The van der Waals surface area contributed by atoms with Gasteiger partial charge in [0.05, 0.1) is 20.0 Å². The van der Waals surface area contributed by atoms with Crippen molar-refractivity contribution in [2.45, 2.75) is 25.5 Å². The van der Waals surface area contributed by atoms with E-state index in [1.807, 2.05) is 54.8 Å². The number of aryl methyl sites for hydroxylation is 2. The Balaban J connectivity index is 1.70. The number of hydrogen-bond acceptors (Lipinski definition) is 6. The average molecular weight is 427 g/mol. The summed E-state index contributed by atoms with van der Waals surface area (Å²) < 4.78 is 12.8. The van der Waals surface area contributed by atoms with E-state index in [1.54, 1.807) is 26.2 Å². The summed E-state index contributed by atoms with van der Waals surface area (Å²) in [6, 6.07) is 13.8. The van der Waals surface area contributed by atoms with Gasteiger partial charge in [0.25, 0.3) is 0 Å². The van der Waals surface area contributed by atoms with Crippen molar-refractivity contribution in [1.29, 1.82) is 0 Å². The summed E-state index contributed by atoms with van der Waals surface area (Å²) in [5, 5.41) is 9.14. The highest BCUT2D eigenvalue weighted by Crippen LogP contribution is 2.31. The third-order valence-corrected chi connectivity index (χ3v) is 5.61. The average Bonchev–Trinajstić information content (AvgIpc) is 3.11. The number of aromatic nitrogens is 3. The number of rotatable bonds is 8. The van der Waals surface area contributed by atoms with Gasteiger partial charge in [-0.25, -0.2) is 0 Å². The number of methoxy groups -OCH3 is 2. The summed E-state index contributed by atoms with van der Waals surface area (Å²) in [5.41, 5.74) is 3.03. The molecule has 0 unspecified atom stereocenters. The summed E-state index contributed by atoms with van der Waals surface area (Å²) in [5.74, 6) is 2.31. The predicted molar refractivity (Wildman–Crippen MR) is 118 cm³/mol. The smallest absolute Gasteiger partial charge is 0.233 e. The van der Waals surface area contributed by atoms with E-state index >= 15 is 0 Å². The maximum absolute atomic E-state index is 12.8. The van der Waals surface area contributed by atoms with Gasteiger partial charge in [-0.2, -0.15) is 0 Å². The van der Waals surface area contributed by atoms with Crippen LogP contribution in [0, 0.1) is 13.8 Å². The number of ether oxygens (including phenoxy) is 2. The second-order valence-electron chi connectivity index (χ2n) is 6.90. The molecule has 158 valence electrons. The van der Waals surface area contributed by atoms with Gasteiger partial charge in [0.2, 0.25) is 5.91 Å². The molecule has 7 nitrogen and oxygen atoms in total. The lowest BCUT2D eigenvalue weighted by Crippen LogP contribution is -2.28. The van der Waals surface area contributed by atoms with Crippen molar-refractivity contribution in [2.75, 3.05) is 27.0 Å². The fourth-order valence-electron chi connectivity index (χ4n) is 3.16. The first-order chi connectivity index (χ1) is 14.4. The third-order valence-electron chi connectivity index (χ3n) is 4.70. The Morgan fingerprint density at radius 2 is 1.87 bits per heavy atom. The molecule has 0 saturated carbocycles. The van der Waals surface area contributed by atoms with Gasteiger partial charge in [0.1, 0.15) is 5.82 Å². The molecule has 0 spiro atoms. The lowest BCUT2D eigenvalue weighted by atomic mass is 10.1. The van der Waals surface area contributed by atoms with Crippen LogP contribution in [0.2, 0.25) is 0 Å². The standard InChI is InChI=1S/C22H26N4O3S/c1-15-8-6-10-18(12-15)26-16(2)23-24-22(26)30-14-20(27)25(3)13-17-9-7-11-19(28-4)21(17)29-5/h6-12H,13-14H2,1-5H3. The first-order valence-electron chi connectivity index (χ1n) is 9.50. The van der Waals surface area contributed by atoms with E-state index in [9.17, 15) is 4.79 Å². The van der Waals surface area contributed by atoms with Crippen LogP contribution >= 0.6 is 11.8 Å². The van der Waals surface area contributed by atoms with Crippen LogP contribution in [-0.2, 0) is 11.3 Å². The number of hydrogen-bond donors (Lipinski definition) is 0. The Morgan fingerprint density at radius 1 is 1.10 bits per heavy atom. The van der Waals surface area contributed by atoms with E-state index in [1.165, 1.54) is 11.8 Å². The summed E-state index contributed by atoms with van der Waals surface area (Å²) >= 11 is 1.38. The van der Waals surface area contributed by atoms with Crippen LogP contribution < -0.4 is 9.47 Å². The van der Waals surface area contributed by atoms with Gasteiger partial charge in [-0.1, -0.05) is 36.0 Å². The van der Waals surface area contributed by atoms with Crippen molar-refractivity contribution in [1.82, 2.24) is 19.7 Å². The fourth-order valence-corrected chi connectivity index (χ4v) is 4.10. The Labute approximate surface area is 181 Å². The molecule has 8 heteroatoms. The minimum atomic E-state index is -0.0127. The minimum absolute atomic E-state index is 0.0127. The molecule has 30 heavy (non-hydrogen) atoms. The molecule has 0 aliphatic carbocycles. The molecular weight excluding hydrogens is 400 g/mol. The van der Waals surface area contributed by atoms with Crippen molar-refractivity contribution >= 4 is 17.7 Å². The van der Waals surface area contributed by atoms with E-state index in [0.29, 0.717) is 23.2 Å². The van der Waals surface area contributed by atoms with Gasteiger partial charge in [0.15, 0.2) is 16.7 Å². The zero-order valence-corrected chi connectivity index (χ0v) is 18.7. The summed E-state index contributed by atoms with van der Waals surface area (Å²) in [7, 11) is 4.97. The number of carbonyl (C=O) groups excluding carboxylic acids is 1. The quantitative estimate of drug-likeness (QED) is 0.512. The van der Waals surface area contributed by atoms with Gasteiger partial charge in [-0.15, -0.1) is 10.2 Å². The molecule has 0 bridgehead atoms. The van der Waals surface area contributed by atoms with E-state index in [2.05, 4.69) is 16.3 Å². The largest absolute Gasteiger partial charge is 0.493 e. The molecule has 1 aromatic heterocycles. The van der Waals surface area contributed by atoms with Crippen molar-refractivity contribution in [3.63, 3.8) is 0 Å². The molecule has 0 aliphatic heterocycles. The van der Waals surface area contributed by atoms with Crippen LogP contribution in [0.1, 0.15) is 17.0 Å². The number of carbonyl (C=O) groups is 1. The SMILES string of the molecule is COc1cccc(CN(C)C(=O)CSc2nnc(C)n2-c2cccc(C)c2)c1OC. The molecule has 0 radical (unpaired) electrons. The number of nitrogens with zero attached hydrogens (tertiary/aromatic N) is 4. The second kappa shape index (κ2) is 9.67. The van der Waals surface area contributed by atoms with Crippen LogP contribution in [0.4, 0.5) is 0 Å². The molecule has 1 amide bonds. The molecule has 0 atom stereocenters. The van der Waals surface area contributed by atoms with Crippen molar-refractivity contribution in [2.24, 2.45) is 0 Å². The molecule has 0 saturated heterocycles. The van der Waals surface area contributed by atoms with Gasteiger partial charge in [-0.05, 0) is 37.6 Å². The maximum atomic E-state index is 12.8. The van der Waals surface area contributed by atoms with Crippen LogP contribution in [-0.4, -0.2) is 52.6 Å². The highest BCUT2D eigenvalue weighted by molar-refractivity contribution is 7.99. The Bertz CT molecular complexity index is 1030. The molecule has 3 aromatic rings. The Morgan fingerprint density at radius 3 is 2.57 bits per heavy atom. The van der Waals surface area contributed by atoms with Gasteiger partial charge in [-0.3, -0.25) is 9.36 Å². The summed E-state index contributed by atoms with van der Waals surface area (Å²) in [4.78, 5) is 14.4. The van der Waals surface area contributed by atoms with Crippen LogP contribution in [0.3, 0.4) is 0 Å². The minimum Gasteiger partial charge on any atom is -0.493 e. The van der Waals surface area contributed by atoms with Crippen molar-refractivity contribution in [3.8, 4) is 17.2 Å². The topological polar surface area (TPSA) is 69.5 Å². The van der Waals surface area contributed by atoms with E-state index in [4.69, 9.17) is 9.47 Å². The molecular formula is C22H26N4O3S. The second-order valence-corrected chi connectivity index (χ2v) is 7.84. The first-order valence-corrected chi connectivity index (χ1v) is 10.5. The Hall–Kier alpha value is -3.00. The fraction of sp³-hybridized carbons (Fsp3) is 0.318. The molecule has 0 N–H and O–H groups in total. The summed E-state index contributed by atoms with van der Waals surface area (Å²) in [6.45, 7) is 4.37. The maximum Gasteiger partial charge on any atom is 0.233 e. The number of benzene rings is 2. The van der Waals surface area contributed by atoms with E-state index in [0.717, 1.165) is 22.6 Å². The number of thioether (sulfide) groups is 1. The van der Waals surface area contributed by atoms with Gasteiger partial charge >= 0.3 is 0 Å². The highest BCUT2D eigenvalue weighted by Gasteiger charge is 2.18. The zero-order chi connectivity index (χ0) is 21.7. The van der Waals surface area contributed by atoms with Gasteiger partial charge in [0, 0.05) is 24.8 Å². The zero-order valence-electron chi connectivity index (χ0n) is 17.9.